The summed E-state index contributed by atoms with van der Waals surface area (Å²) in [5.41, 5.74) is 0. The van der Waals surface area contributed by atoms with Crippen LogP contribution in [0.25, 0.3) is 0 Å². The monoisotopic (exact) mass is 1250 g/mol. The molecular formula is C77H149N2O7P. The third kappa shape index (κ3) is 68.4. The summed E-state index contributed by atoms with van der Waals surface area (Å²) in [5, 5.41) is 3.05. The van der Waals surface area contributed by atoms with Crippen molar-refractivity contribution in [2.75, 3.05) is 40.9 Å². The number of esters is 1. The molecule has 3 atom stereocenters. The lowest BCUT2D eigenvalue weighted by molar-refractivity contribution is -0.870. The van der Waals surface area contributed by atoms with Gasteiger partial charge in [-0.15, -0.1) is 0 Å². The fraction of sp³-hybridized carbons (Fsp3) is 0.896. The molecule has 10 heteroatoms. The topological polar surface area (TPSA) is 114 Å². The van der Waals surface area contributed by atoms with Crippen LogP contribution >= 0.6 is 7.82 Å². The molecule has 1 N–H and O–H groups in total. The van der Waals surface area contributed by atoms with E-state index in [1.807, 2.05) is 33.3 Å². The van der Waals surface area contributed by atoms with Gasteiger partial charge in [0.25, 0.3) is 7.82 Å². The number of unbranched alkanes of at least 4 members (excludes halogenated alkanes) is 51. The summed E-state index contributed by atoms with van der Waals surface area (Å²) in [6, 6.07) is -0.885. The Labute approximate surface area is 542 Å². The van der Waals surface area contributed by atoms with Gasteiger partial charge in [-0.2, -0.15) is 0 Å². The Morgan fingerprint density at radius 3 is 0.977 bits per heavy atom. The Morgan fingerprint density at radius 1 is 0.391 bits per heavy atom. The molecule has 1 amide bonds. The molecule has 514 valence electrons. The van der Waals surface area contributed by atoms with Crippen LogP contribution in [0.5, 0.6) is 0 Å². The smallest absolute Gasteiger partial charge is 0.306 e. The Balaban J connectivity index is 4.90. The highest BCUT2D eigenvalue weighted by atomic mass is 31.2. The third-order valence-electron chi connectivity index (χ3n) is 17.5. The van der Waals surface area contributed by atoms with Gasteiger partial charge in [-0.3, -0.25) is 14.2 Å². The molecule has 3 unspecified atom stereocenters. The maximum absolute atomic E-state index is 13.6. The van der Waals surface area contributed by atoms with Crippen molar-refractivity contribution in [2.45, 2.75) is 405 Å². The van der Waals surface area contributed by atoms with E-state index in [1.165, 1.54) is 302 Å². The summed E-state index contributed by atoms with van der Waals surface area (Å²) >= 11 is 0. The van der Waals surface area contributed by atoms with Gasteiger partial charge >= 0.3 is 5.97 Å². The first-order chi connectivity index (χ1) is 42.4. The van der Waals surface area contributed by atoms with Gasteiger partial charge in [-0.05, 0) is 83.1 Å². The number of phosphoric ester groups is 1. The number of rotatable bonds is 71. The van der Waals surface area contributed by atoms with E-state index in [4.69, 9.17) is 13.8 Å². The van der Waals surface area contributed by atoms with Crippen molar-refractivity contribution in [2.24, 2.45) is 0 Å². The van der Waals surface area contributed by atoms with Gasteiger partial charge in [0.2, 0.25) is 5.91 Å². The predicted octanol–water partition coefficient (Wildman–Crippen LogP) is 23.9. The van der Waals surface area contributed by atoms with Gasteiger partial charge in [0.05, 0.1) is 33.8 Å². The van der Waals surface area contributed by atoms with Gasteiger partial charge < -0.3 is 28.5 Å². The number of ether oxygens (including phenoxy) is 1. The number of likely N-dealkylation sites (N-methyl/N-ethyl adjacent to an activating group) is 1. The van der Waals surface area contributed by atoms with Crippen LogP contribution in [0, 0.1) is 0 Å². The van der Waals surface area contributed by atoms with Gasteiger partial charge in [-0.1, -0.05) is 334 Å². The van der Waals surface area contributed by atoms with E-state index < -0.39 is 20.0 Å². The average molecular weight is 1250 g/mol. The minimum absolute atomic E-state index is 0.0191. The highest BCUT2D eigenvalue weighted by Gasteiger charge is 2.27. The number of nitrogens with zero attached hydrogens (tertiary/aromatic N) is 1. The van der Waals surface area contributed by atoms with Crippen LogP contribution in [-0.4, -0.2) is 69.4 Å². The molecule has 0 aromatic rings. The summed E-state index contributed by atoms with van der Waals surface area (Å²) in [7, 11) is 1.21. The van der Waals surface area contributed by atoms with Crippen LogP contribution in [-0.2, 0) is 27.9 Å². The van der Waals surface area contributed by atoms with Crippen molar-refractivity contribution in [3.05, 3.63) is 36.5 Å². The van der Waals surface area contributed by atoms with E-state index >= 15 is 0 Å². The summed E-state index contributed by atoms with van der Waals surface area (Å²) in [4.78, 5) is 40.2. The molecule has 0 aromatic carbocycles. The zero-order chi connectivity index (χ0) is 63.5. The highest BCUT2D eigenvalue weighted by Crippen LogP contribution is 2.38. The molecule has 0 fully saturated rings. The van der Waals surface area contributed by atoms with Crippen molar-refractivity contribution in [3.63, 3.8) is 0 Å². The molecule has 0 saturated heterocycles. The first-order valence-corrected chi connectivity index (χ1v) is 39.8. The second-order valence-corrected chi connectivity index (χ2v) is 28.9. The molecule has 9 nitrogen and oxygen atoms in total. The van der Waals surface area contributed by atoms with Crippen LogP contribution in [0.15, 0.2) is 36.5 Å². The predicted molar refractivity (Wildman–Crippen MR) is 376 cm³/mol. The van der Waals surface area contributed by atoms with Crippen LogP contribution in [0.1, 0.15) is 393 Å². The number of amides is 1. The second kappa shape index (κ2) is 67.1. The quantitative estimate of drug-likeness (QED) is 0.0212. The zero-order valence-corrected chi connectivity index (χ0v) is 59.9. The van der Waals surface area contributed by atoms with Crippen molar-refractivity contribution in [1.82, 2.24) is 5.32 Å². The molecule has 87 heavy (non-hydrogen) atoms. The maximum atomic E-state index is 13.6. The third-order valence-corrected chi connectivity index (χ3v) is 18.5. The molecule has 0 radical (unpaired) electrons. The average Bonchev–Trinajstić information content (AvgIpc) is 3.70. The lowest BCUT2D eigenvalue weighted by Crippen LogP contribution is -2.47. The number of nitrogens with one attached hydrogen (secondary N) is 1. The van der Waals surface area contributed by atoms with E-state index in [0.29, 0.717) is 17.4 Å². The summed E-state index contributed by atoms with van der Waals surface area (Å²) < 4.78 is 30.5. The second-order valence-electron chi connectivity index (χ2n) is 27.5. The number of hydrogen-bond donors (Lipinski definition) is 1. The lowest BCUT2D eigenvalue weighted by Gasteiger charge is -2.30. The minimum atomic E-state index is -4.70. The molecule has 0 heterocycles. The van der Waals surface area contributed by atoms with Gasteiger partial charge in [-0.25, -0.2) is 0 Å². The molecule has 0 aromatic heterocycles. The van der Waals surface area contributed by atoms with Crippen molar-refractivity contribution >= 4 is 19.7 Å². The van der Waals surface area contributed by atoms with Crippen LogP contribution < -0.4 is 10.2 Å². The highest BCUT2D eigenvalue weighted by molar-refractivity contribution is 7.45. The number of phosphoric acid groups is 1. The maximum Gasteiger partial charge on any atom is 0.306 e. The Hall–Kier alpha value is -1.77. The zero-order valence-electron chi connectivity index (χ0n) is 59.0. The molecule has 0 saturated carbocycles. The van der Waals surface area contributed by atoms with Crippen molar-refractivity contribution in [1.29, 1.82) is 0 Å². The Morgan fingerprint density at radius 2 is 0.667 bits per heavy atom. The minimum Gasteiger partial charge on any atom is -0.756 e. The van der Waals surface area contributed by atoms with Crippen molar-refractivity contribution < 1.29 is 37.3 Å². The van der Waals surface area contributed by atoms with Gasteiger partial charge in [0, 0.05) is 12.8 Å². The number of quaternary nitrogens is 1. The molecule has 0 spiro atoms. The Kier molecular flexibility index (Phi) is 65.8. The van der Waals surface area contributed by atoms with Gasteiger partial charge in [0.1, 0.15) is 19.3 Å². The molecule has 0 bridgehead atoms. The van der Waals surface area contributed by atoms with Crippen LogP contribution in [0.4, 0.5) is 0 Å². The Bertz CT molecular complexity index is 1580. The molecule has 0 aliphatic heterocycles. The number of carbonyl (C=O) groups is 2. The van der Waals surface area contributed by atoms with E-state index in [1.54, 1.807) is 0 Å². The standard InChI is InChI=1S/C77H149N2O7P/c1-7-10-13-16-19-22-25-27-29-31-33-35-37-39-41-43-45-47-49-51-54-57-60-63-66-69-76(80)78-74(73-85-87(82,83)84-72-71-79(4,5)6)75(68-65-62-59-56-53-24-21-18-15-12-9-3)86-77(81)70-67-64-61-58-55-52-50-48-46-44-42-40-38-36-34-32-30-28-26-23-20-17-14-11-8-2/h27-30,65,68,74-75H,7-26,31-64,66-67,69-73H2,1-6H3,(H-,78,80,82,83)/b29-27+,30-28+,68-65+. The normalized spacial score (nSPS) is 13.6. The summed E-state index contributed by atoms with van der Waals surface area (Å²) in [6.07, 6.45) is 84.3. The SMILES string of the molecule is CCCCCCCC/C=C/CCCCCCCCCCCCCCCCCC(=O)NC(COP(=O)([O-])OCC[N+](C)(C)C)C(/C=C/CCCCCCCCCCC)OC(=O)CCCCCCCCCCCCCCCCC/C=C/CCCCCCCC. The van der Waals surface area contributed by atoms with Gasteiger partial charge in [0.15, 0.2) is 0 Å². The fourth-order valence-corrected chi connectivity index (χ4v) is 12.4. The van der Waals surface area contributed by atoms with Crippen LogP contribution in [0.2, 0.25) is 0 Å². The van der Waals surface area contributed by atoms with E-state index in [9.17, 15) is 19.0 Å². The number of allylic oxidation sites excluding steroid dienone is 5. The molecular weight excluding hydrogens is 1100 g/mol. The lowest BCUT2D eigenvalue weighted by atomic mass is 10.0. The largest absolute Gasteiger partial charge is 0.756 e. The van der Waals surface area contributed by atoms with Crippen molar-refractivity contribution in [3.8, 4) is 0 Å². The molecule has 0 aliphatic rings. The first-order valence-electron chi connectivity index (χ1n) is 38.3. The van der Waals surface area contributed by atoms with Crippen LogP contribution in [0.3, 0.4) is 0 Å². The van der Waals surface area contributed by atoms with E-state index in [-0.39, 0.29) is 31.5 Å². The number of hydrogen-bond acceptors (Lipinski definition) is 7. The number of carbonyl (C=O) groups excluding carboxylic acids is 2. The van der Waals surface area contributed by atoms with E-state index in [0.717, 1.165) is 57.8 Å². The van der Waals surface area contributed by atoms with E-state index in [2.05, 4.69) is 50.4 Å². The molecule has 0 aliphatic carbocycles. The fourth-order valence-electron chi connectivity index (χ4n) is 11.6. The summed E-state index contributed by atoms with van der Waals surface area (Å²) in [5.74, 6) is -0.519. The summed E-state index contributed by atoms with van der Waals surface area (Å²) in [6.45, 7) is 6.90. The molecule has 0 rings (SSSR count). The first kappa shape index (κ1) is 85.2.